The number of rotatable bonds is 6. The maximum atomic E-state index is 4.82. The van der Waals surface area contributed by atoms with Gasteiger partial charge in [0.2, 0.25) is 0 Å². The zero-order valence-corrected chi connectivity index (χ0v) is 37.6. The van der Waals surface area contributed by atoms with Gasteiger partial charge in [-0.2, -0.15) is 23.1 Å². The van der Waals surface area contributed by atoms with Gasteiger partial charge in [0.25, 0.3) is 0 Å². The molecule has 0 N–H and O–H groups in total. The first-order chi connectivity index (χ1) is 24.1. The third kappa shape index (κ3) is 8.40. The van der Waals surface area contributed by atoms with E-state index in [1.165, 1.54) is 50.1 Å². The van der Waals surface area contributed by atoms with E-state index in [2.05, 4.69) is 213 Å². The van der Waals surface area contributed by atoms with Crippen molar-refractivity contribution < 1.29 is 32.7 Å². The smallest absolute Gasteiger partial charge is 0.00883 e. The maximum Gasteiger partial charge on any atom is 0.00883 e. The molecule has 6 aromatic carbocycles. The topological polar surface area (TPSA) is 14.1 Å². The van der Waals surface area contributed by atoms with Gasteiger partial charge in [0.05, 0.1) is 0 Å². The van der Waals surface area contributed by atoms with Crippen molar-refractivity contribution in [3.63, 3.8) is 0 Å². The van der Waals surface area contributed by atoms with Gasteiger partial charge < -0.3 is 34.5 Å². The summed E-state index contributed by atoms with van der Waals surface area (Å²) in [4.78, 5) is 0. The van der Waals surface area contributed by atoms with E-state index in [0.29, 0.717) is 11.8 Å². The summed E-state index contributed by atoms with van der Waals surface area (Å²) < 4.78 is 4.82. The maximum absolute atomic E-state index is 4.82. The fourth-order valence-electron chi connectivity index (χ4n) is 8.53. The van der Waals surface area contributed by atoms with Crippen LogP contribution in [0.5, 0.6) is 0 Å². The van der Waals surface area contributed by atoms with Crippen molar-refractivity contribution in [3.8, 4) is 22.3 Å². The van der Waals surface area contributed by atoms with Crippen LogP contribution in [0.4, 0.5) is 0 Å². The zero-order valence-electron chi connectivity index (χ0n) is 32.7. The predicted molar refractivity (Wildman–Crippen MR) is 223 cm³/mol. The Labute approximate surface area is 342 Å². The summed E-state index contributed by atoms with van der Waals surface area (Å²) >= 11 is 0. The van der Waals surface area contributed by atoms with Gasteiger partial charge in [0, 0.05) is 38.6 Å². The first-order valence-corrected chi connectivity index (χ1v) is 25.2. The Morgan fingerprint density at radius 1 is 0.481 bits per heavy atom. The second-order valence-corrected chi connectivity index (χ2v) is 26.7. The molecular formula is C48H52NSi2Y-7. The summed E-state index contributed by atoms with van der Waals surface area (Å²) in [5.74, 6) is 0.744. The molecule has 0 amide bonds. The second-order valence-electron chi connectivity index (χ2n) is 17.2. The fourth-order valence-corrected chi connectivity index (χ4v) is 16.6. The minimum Gasteiger partial charge on any atom is -0.998 e. The molecule has 0 aromatic heterocycles. The Morgan fingerprint density at radius 2 is 0.788 bits per heavy atom. The van der Waals surface area contributed by atoms with E-state index in [1.54, 1.807) is 0 Å². The van der Waals surface area contributed by atoms with Crippen molar-refractivity contribution in [1.82, 2.24) is 0 Å². The van der Waals surface area contributed by atoms with Gasteiger partial charge in [-0.15, -0.1) is 0 Å². The van der Waals surface area contributed by atoms with Gasteiger partial charge in [0.15, 0.2) is 0 Å². The molecule has 0 atom stereocenters. The van der Waals surface area contributed by atoms with E-state index in [1.807, 2.05) is 0 Å². The molecule has 0 aliphatic heterocycles. The van der Waals surface area contributed by atoms with Crippen LogP contribution in [0.2, 0.25) is 39.3 Å². The van der Waals surface area contributed by atoms with Crippen molar-refractivity contribution in [3.05, 3.63) is 184 Å². The van der Waals surface area contributed by atoms with Crippen molar-refractivity contribution in [2.24, 2.45) is 0 Å². The number of benzene rings is 4. The first kappa shape index (κ1) is 40.3. The summed E-state index contributed by atoms with van der Waals surface area (Å²) in [6, 6.07) is 56.1. The average molecular weight is 788 g/mol. The third-order valence-electron chi connectivity index (χ3n) is 10.3. The molecule has 2 aliphatic carbocycles. The Balaban J connectivity index is 0.000000162. The fraction of sp³-hybridized carbons (Fsp3) is 0.292. The molecule has 0 spiro atoms. The number of hydrogen-bond donors (Lipinski definition) is 0. The van der Waals surface area contributed by atoms with E-state index in [-0.39, 0.29) is 43.5 Å². The average Bonchev–Trinajstić information content (AvgIpc) is 3.89. The Bertz CT molecular complexity index is 1820. The van der Waals surface area contributed by atoms with Gasteiger partial charge in [-0.25, -0.2) is 12.1 Å². The van der Waals surface area contributed by atoms with E-state index in [9.17, 15) is 0 Å². The van der Waals surface area contributed by atoms with Crippen molar-refractivity contribution in [2.75, 3.05) is 0 Å². The molecular weight excluding hydrogens is 736 g/mol. The van der Waals surface area contributed by atoms with Crippen LogP contribution in [-0.2, 0) is 43.5 Å². The number of hydrogen-bond acceptors (Lipinski definition) is 0. The number of nitrogens with zero attached hydrogens (tertiary/aromatic N) is 1. The summed E-state index contributed by atoms with van der Waals surface area (Å²) in [5, 5.41) is 0. The minimum absolute atomic E-state index is 0. The van der Waals surface area contributed by atoms with Crippen LogP contribution < -0.4 is 0 Å². The molecule has 0 bridgehead atoms. The molecule has 6 aromatic rings. The van der Waals surface area contributed by atoms with Gasteiger partial charge in [-0.1, -0.05) is 181 Å². The normalized spacial score (nSPS) is 13.7. The van der Waals surface area contributed by atoms with Crippen molar-refractivity contribution in [1.29, 1.82) is 0 Å². The summed E-state index contributed by atoms with van der Waals surface area (Å²) in [6.45, 7) is 23.0. The van der Waals surface area contributed by atoms with Gasteiger partial charge in [-0.3, -0.25) is 0 Å². The van der Waals surface area contributed by atoms with E-state index < -0.39 is 16.5 Å². The minimum atomic E-state index is -1.11. The molecule has 8 rings (SSSR count). The van der Waals surface area contributed by atoms with Crippen LogP contribution in [0.1, 0.15) is 72.9 Å². The second kappa shape index (κ2) is 15.8. The third-order valence-corrected chi connectivity index (χ3v) is 15.6. The molecule has 267 valence electrons. The summed E-state index contributed by atoms with van der Waals surface area (Å²) in [7, 11) is -2.21. The van der Waals surface area contributed by atoms with Crippen LogP contribution in [-0.4, -0.2) is 16.5 Å². The molecule has 4 heteroatoms. The molecule has 2 aliphatic rings. The van der Waals surface area contributed by atoms with E-state index in [0.717, 1.165) is 5.56 Å². The van der Waals surface area contributed by atoms with Crippen LogP contribution in [0.3, 0.4) is 0 Å². The monoisotopic (exact) mass is 787 g/mol. The van der Waals surface area contributed by atoms with Gasteiger partial charge >= 0.3 is 0 Å². The molecule has 0 saturated carbocycles. The van der Waals surface area contributed by atoms with Gasteiger partial charge in [0.1, 0.15) is 0 Å². The molecule has 0 heterocycles. The zero-order chi connectivity index (χ0) is 36.6. The van der Waals surface area contributed by atoms with Gasteiger partial charge in [-0.05, 0) is 55.8 Å². The first-order valence-electron chi connectivity index (χ1n) is 18.3. The SMILES string of the molecule is CC(C)([c-]1[c-][c-][c-][c-]1)C1c2ccccc2-c2ccccc21.CC(C)([c-]1cccc1)C1c2ccccc2-c2ccccc21.C[Si](C)(C)[N-][Si](C)(C)C.[Y]. The molecule has 0 unspecified atom stereocenters. The molecule has 0 saturated heterocycles. The van der Waals surface area contributed by atoms with E-state index >= 15 is 0 Å². The molecule has 0 fully saturated rings. The molecule has 1 nitrogen and oxygen atoms in total. The van der Waals surface area contributed by atoms with Crippen LogP contribution in [0.15, 0.2) is 121 Å². The Hall–Kier alpha value is -2.92. The van der Waals surface area contributed by atoms with Crippen LogP contribution in [0.25, 0.3) is 26.9 Å². The predicted octanol–water partition coefficient (Wildman–Crippen LogP) is 13.2. The van der Waals surface area contributed by atoms with E-state index in [4.69, 9.17) is 4.65 Å². The Morgan fingerprint density at radius 3 is 1.10 bits per heavy atom. The largest absolute Gasteiger partial charge is 0.998 e. The molecule has 1 radical (unpaired) electrons. The standard InChI is InChI=1S/C21H19.C21H15.C6H18NSi2.Y/c2*1-21(2,15-9-3-4-10-15)20-18-13-7-5-11-16(18)17-12-6-8-14-19(17)20;1-8(2,3)7-9(4,5)6;/h3-14,20H,1-2H3;5-8,11-14,20H,1-2H3;1-6H3;/q-1;-5;-1;. The summed E-state index contributed by atoms with van der Waals surface area (Å²) in [5.41, 5.74) is 13.7. The van der Waals surface area contributed by atoms with Crippen molar-refractivity contribution in [2.45, 2.75) is 89.6 Å². The summed E-state index contributed by atoms with van der Waals surface area (Å²) in [6.07, 6.45) is 0. The molecule has 52 heavy (non-hydrogen) atoms. The number of fused-ring (bicyclic) bond motifs is 6. The quantitative estimate of drug-likeness (QED) is 0.118. The Kier molecular flexibility index (Phi) is 12.2. The van der Waals surface area contributed by atoms with Crippen LogP contribution in [0, 0.1) is 24.3 Å². The van der Waals surface area contributed by atoms with Crippen molar-refractivity contribution >= 4 is 16.5 Å². The van der Waals surface area contributed by atoms with Crippen LogP contribution >= 0.6 is 0 Å².